The normalized spacial score (nSPS) is 19.7. The number of anilines is 1. The SMILES string of the molecule is COc1cc(C)c(SC2=CN(C)C(NC(=O)c3cnsc3)S2)cc1C(=O)N1CCCN(C(=O)/C=C/c2nc(NC(=O)C3CC3)sc2Sc2cc(C(=O)N3CCCN(C(C=O)/C=C/CN(C)C)[C@H](C)C3)c(OC)cc2C)[C@H](C)C1. The average molecular weight is 1160 g/mol. The van der Waals surface area contributed by atoms with E-state index in [1.807, 2.05) is 106 Å². The molecule has 0 bridgehead atoms. The summed E-state index contributed by atoms with van der Waals surface area (Å²) in [6.07, 6.45) is 14.5. The number of likely N-dealkylation sites (N-methyl/N-ethyl adjacent to an activating group) is 1. The maximum absolute atomic E-state index is 14.5. The highest BCUT2D eigenvalue weighted by Gasteiger charge is 2.34. The number of methoxy groups -OCH3 is 2. The minimum Gasteiger partial charge on any atom is -0.496 e. The Labute approximate surface area is 477 Å². The predicted octanol–water partition coefficient (Wildman–Crippen LogP) is 8.01. The Kier molecular flexibility index (Phi) is 19.9. The molecule has 2 N–H and O–H groups in total. The topological polar surface area (TPSA) is 190 Å². The van der Waals surface area contributed by atoms with Gasteiger partial charge in [0.1, 0.15) is 17.8 Å². The Morgan fingerprint density at radius 3 is 2.13 bits per heavy atom. The number of hydrogen-bond donors (Lipinski definition) is 2. The molecule has 1 saturated carbocycles. The Morgan fingerprint density at radius 2 is 1.53 bits per heavy atom. The molecule has 2 unspecified atom stereocenters. The number of aromatic nitrogens is 2. The summed E-state index contributed by atoms with van der Waals surface area (Å²) < 4.78 is 17.3. The molecule has 3 aliphatic heterocycles. The van der Waals surface area contributed by atoms with Gasteiger partial charge in [-0.05, 0) is 120 Å². The molecule has 5 amide bonds. The quantitative estimate of drug-likeness (QED) is 0.0521. The molecule has 23 heteroatoms. The summed E-state index contributed by atoms with van der Waals surface area (Å²) >= 11 is 6.96. The van der Waals surface area contributed by atoms with Gasteiger partial charge in [0, 0.05) is 98.3 Å². The summed E-state index contributed by atoms with van der Waals surface area (Å²) in [5, 5.41) is 8.15. The van der Waals surface area contributed by atoms with E-state index in [-0.39, 0.29) is 53.0 Å². The molecule has 2 saturated heterocycles. The summed E-state index contributed by atoms with van der Waals surface area (Å²) in [5.74, 6) is -0.0562. The first-order chi connectivity index (χ1) is 37.4. The van der Waals surface area contributed by atoms with E-state index in [9.17, 15) is 28.8 Å². The highest BCUT2D eigenvalue weighted by atomic mass is 32.2. The molecule has 3 fully saturated rings. The third-order valence-electron chi connectivity index (χ3n) is 13.8. The predicted molar refractivity (Wildman–Crippen MR) is 311 cm³/mol. The van der Waals surface area contributed by atoms with Crippen LogP contribution in [0, 0.1) is 19.8 Å². The number of benzene rings is 2. The first-order valence-corrected chi connectivity index (χ1v) is 30.1. The zero-order valence-corrected chi connectivity index (χ0v) is 49.6. The van der Waals surface area contributed by atoms with E-state index in [1.165, 1.54) is 64.2 Å². The zero-order valence-electron chi connectivity index (χ0n) is 45.5. The Bertz CT molecular complexity index is 2960. The lowest BCUT2D eigenvalue weighted by molar-refractivity contribution is -0.127. The van der Waals surface area contributed by atoms with Crippen molar-refractivity contribution < 1.29 is 38.2 Å². The number of hydrogen-bond acceptors (Lipinski definition) is 18. The number of nitrogens with zero attached hydrogens (tertiary/aromatic N) is 8. The number of aldehydes is 1. The van der Waals surface area contributed by atoms with Gasteiger partial charge in [0.15, 0.2) is 10.6 Å². The van der Waals surface area contributed by atoms with E-state index < -0.39 is 6.04 Å². The Morgan fingerprint density at radius 1 is 0.885 bits per heavy atom. The monoisotopic (exact) mass is 1160 g/mol. The number of aryl methyl sites for hydroxylation is 2. The standard InChI is InChI=1S/C55H68N10O8S5/c1-33-23-43(72-8)40(25-45(33)75-48-30-61(7)55(77-48)59-50(69)38-27-56-74-32-38)51(70)63-20-12-22-65(36(4)29-63)47(67)17-16-42-53(78-54(57-42)58-49(68)37-14-15-37)76-46-26-41(44(73-9)24-34(46)2)52(71)62-19-11-21-64(35(3)28-62)39(31-66)13-10-18-60(5)6/h10,13,16-17,23-27,30-32,35-37,39,55H,11-12,14-15,18-22,28-29H2,1-9H3,(H,59,69)(H,57,58,68)/b13-10+,17-16+/t35-,36-,39?,55?/m1/s1. The van der Waals surface area contributed by atoms with E-state index in [0.29, 0.717) is 91.1 Å². The fourth-order valence-electron chi connectivity index (χ4n) is 9.39. The van der Waals surface area contributed by atoms with E-state index in [0.717, 1.165) is 55.0 Å². The Hall–Kier alpha value is -5.69. The summed E-state index contributed by atoms with van der Waals surface area (Å²) in [7, 11) is 8.96. The zero-order chi connectivity index (χ0) is 55.8. The van der Waals surface area contributed by atoms with Crippen molar-refractivity contribution in [2.24, 2.45) is 5.92 Å². The molecule has 4 aliphatic rings. The van der Waals surface area contributed by atoms with Gasteiger partial charge in [-0.3, -0.25) is 28.9 Å². The van der Waals surface area contributed by atoms with Gasteiger partial charge >= 0.3 is 0 Å². The minimum absolute atomic E-state index is 0.0503. The molecule has 416 valence electrons. The molecule has 8 rings (SSSR count). The smallest absolute Gasteiger partial charge is 0.257 e. The molecule has 4 atom stereocenters. The van der Waals surface area contributed by atoms with Gasteiger partial charge in [0.05, 0.1) is 57.3 Å². The summed E-state index contributed by atoms with van der Waals surface area (Å²) in [6.45, 7) is 11.4. The van der Waals surface area contributed by atoms with Crippen LogP contribution in [0.3, 0.4) is 0 Å². The van der Waals surface area contributed by atoms with Crippen LogP contribution in [0.5, 0.6) is 11.5 Å². The largest absolute Gasteiger partial charge is 0.496 e. The van der Waals surface area contributed by atoms with Crippen molar-refractivity contribution in [1.29, 1.82) is 0 Å². The lowest BCUT2D eigenvalue weighted by atomic mass is 10.1. The van der Waals surface area contributed by atoms with Crippen molar-refractivity contribution in [2.75, 3.05) is 86.5 Å². The third-order valence-corrected chi connectivity index (χ3v) is 19.3. The summed E-state index contributed by atoms with van der Waals surface area (Å²) in [6, 6.07) is 6.62. The lowest BCUT2D eigenvalue weighted by Crippen LogP contribution is -2.46. The van der Waals surface area contributed by atoms with E-state index >= 15 is 0 Å². The average Bonchev–Trinajstić information content (AvgIpc) is 3.99. The van der Waals surface area contributed by atoms with Crippen molar-refractivity contribution in [3.05, 3.63) is 98.0 Å². The van der Waals surface area contributed by atoms with Crippen LogP contribution in [0.1, 0.15) is 87.4 Å². The van der Waals surface area contributed by atoms with Gasteiger partial charge in [-0.2, -0.15) is 0 Å². The second kappa shape index (κ2) is 26.5. The fraction of sp³-hybridized carbons (Fsp3) is 0.455. The highest BCUT2D eigenvalue weighted by Crippen LogP contribution is 2.45. The molecule has 78 heavy (non-hydrogen) atoms. The first-order valence-electron chi connectivity index (χ1n) is 25.9. The molecule has 18 nitrogen and oxygen atoms in total. The fourth-order valence-corrected chi connectivity index (χ4v) is 14.5. The van der Waals surface area contributed by atoms with Crippen LogP contribution < -0.4 is 20.1 Å². The molecule has 0 radical (unpaired) electrons. The van der Waals surface area contributed by atoms with Crippen molar-refractivity contribution in [3.8, 4) is 11.5 Å². The molecule has 4 aromatic rings. The number of carbonyl (C=O) groups is 6. The number of rotatable bonds is 19. The molecule has 2 aromatic heterocycles. The molecular weight excluding hydrogens is 1090 g/mol. The van der Waals surface area contributed by atoms with Crippen LogP contribution in [0.2, 0.25) is 0 Å². The van der Waals surface area contributed by atoms with Gasteiger partial charge in [0.2, 0.25) is 11.8 Å². The maximum atomic E-state index is 14.5. The second-order valence-electron chi connectivity index (χ2n) is 20.1. The second-order valence-corrected chi connectivity index (χ2v) is 25.5. The lowest BCUT2D eigenvalue weighted by Gasteiger charge is -2.32. The van der Waals surface area contributed by atoms with Crippen LogP contribution >= 0.6 is 58.2 Å². The van der Waals surface area contributed by atoms with E-state index in [4.69, 9.17) is 14.5 Å². The number of ether oxygens (including phenoxy) is 2. The van der Waals surface area contributed by atoms with Crippen molar-refractivity contribution in [3.63, 3.8) is 0 Å². The van der Waals surface area contributed by atoms with Gasteiger partial charge in [0.25, 0.3) is 17.7 Å². The van der Waals surface area contributed by atoms with Crippen LogP contribution in [-0.2, 0) is 14.4 Å². The molecule has 1 aliphatic carbocycles. The maximum Gasteiger partial charge on any atom is 0.257 e. The first kappa shape index (κ1) is 58.5. The van der Waals surface area contributed by atoms with Crippen molar-refractivity contribution in [1.82, 2.24) is 44.1 Å². The molecule has 2 aromatic carbocycles. The van der Waals surface area contributed by atoms with Crippen LogP contribution in [0.4, 0.5) is 5.13 Å². The molecule has 5 heterocycles. The number of carbonyl (C=O) groups excluding carboxylic acids is 6. The van der Waals surface area contributed by atoms with E-state index in [2.05, 4.69) is 19.9 Å². The molecule has 0 spiro atoms. The van der Waals surface area contributed by atoms with Crippen LogP contribution in [-0.4, -0.2) is 179 Å². The van der Waals surface area contributed by atoms with Gasteiger partial charge < -0.3 is 49.4 Å². The van der Waals surface area contributed by atoms with Crippen LogP contribution in [0.25, 0.3) is 6.08 Å². The summed E-state index contributed by atoms with van der Waals surface area (Å²) in [5.41, 5.74) is 3.31. The van der Waals surface area contributed by atoms with Crippen LogP contribution in [0.15, 0.2) is 78.5 Å². The molecular formula is C55H68N10O8S5. The summed E-state index contributed by atoms with van der Waals surface area (Å²) in [4.78, 5) is 99.3. The number of thiazole rings is 1. The third kappa shape index (κ3) is 14.4. The van der Waals surface area contributed by atoms with Gasteiger partial charge in [-0.15, -0.1) is 0 Å². The Balaban J connectivity index is 0.958. The van der Waals surface area contributed by atoms with Gasteiger partial charge in [-0.1, -0.05) is 58.8 Å². The minimum atomic E-state index is -0.399. The van der Waals surface area contributed by atoms with Crippen molar-refractivity contribution >= 4 is 105 Å². The number of thioether (sulfide) groups is 2. The van der Waals surface area contributed by atoms with Gasteiger partial charge in [-0.25, -0.2) is 9.36 Å². The van der Waals surface area contributed by atoms with Crippen molar-refractivity contribution in [2.45, 2.75) is 91.0 Å². The number of amides is 5. The van der Waals surface area contributed by atoms with E-state index in [1.54, 1.807) is 41.7 Å². The highest BCUT2D eigenvalue weighted by molar-refractivity contribution is 8.22. The number of nitrogens with one attached hydrogen (secondary N) is 2.